The van der Waals surface area contributed by atoms with Gasteiger partial charge >= 0.3 is 5.76 Å². The Balaban J connectivity index is 1.63. The number of amides is 1. The van der Waals surface area contributed by atoms with Gasteiger partial charge in [0, 0.05) is 32.1 Å². The van der Waals surface area contributed by atoms with Crippen molar-refractivity contribution in [2.75, 3.05) is 13.1 Å². The fraction of sp³-hybridized carbons (Fsp3) is 0.556. The molecular formula is C18H23N3O5. The average Bonchev–Trinajstić information content (AvgIpc) is 2.76. The van der Waals surface area contributed by atoms with E-state index in [1.807, 2.05) is 4.90 Å². The van der Waals surface area contributed by atoms with Crippen molar-refractivity contribution in [2.24, 2.45) is 5.92 Å². The van der Waals surface area contributed by atoms with Gasteiger partial charge in [0.15, 0.2) is 5.58 Å². The summed E-state index contributed by atoms with van der Waals surface area (Å²) in [5.41, 5.74) is 0.581. The summed E-state index contributed by atoms with van der Waals surface area (Å²) >= 11 is 0. The van der Waals surface area contributed by atoms with E-state index in [1.54, 1.807) is 0 Å². The molecule has 1 aromatic carbocycles. The smallest absolute Gasteiger partial charge is 0.407 e. The topological polar surface area (TPSA) is 98.6 Å². The van der Waals surface area contributed by atoms with Crippen LogP contribution in [0.3, 0.4) is 0 Å². The molecule has 1 aromatic heterocycles. The largest absolute Gasteiger partial charge is 0.419 e. The summed E-state index contributed by atoms with van der Waals surface area (Å²) in [5.74, 6) is 0.222. The second-order valence-corrected chi connectivity index (χ2v) is 6.95. The molecule has 0 spiro atoms. The van der Waals surface area contributed by atoms with Gasteiger partial charge in [-0.15, -0.1) is 0 Å². The van der Waals surface area contributed by atoms with Gasteiger partial charge in [0.1, 0.15) is 0 Å². The SMILES string of the molecule is CC1CCCN(C(=O)CCCn2c(=O)oc3cc([N+](=O)[O-])ccc32)CC1. The first-order chi connectivity index (χ1) is 12.5. The molecule has 8 nitrogen and oxygen atoms in total. The Labute approximate surface area is 150 Å². The normalized spacial score (nSPS) is 18.0. The first kappa shape index (κ1) is 18.2. The minimum atomic E-state index is -0.559. The van der Waals surface area contributed by atoms with Gasteiger partial charge < -0.3 is 9.32 Å². The number of rotatable bonds is 5. The van der Waals surface area contributed by atoms with Crippen LogP contribution >= 0.6 is 0 Å². The Morgan fingerprint density at radius 1 is 1.35 bits per heavy atom. The van der Waals surface area contributed by atoms with Crippen molar-refractivity contribution >= 4 is 22.7 Å². The second kappa shape index (κ2) is 7.72. The monoisotopic (exact) mass is 361 g/mol. The molecule has 0 saturated carbocycles. The third-order valence-corrected chi connectivity index (χ3v) is 5.00. The van der Waals surface area contributed by atoms with E-state index in [1.165, 1.54) is 22.8 Å². The van der Waals surface area contributed by atoms with Crippen LogP contribution in [-0.4, -0.2) is 33.4 Å². The highest BCUT2D eigenvalue weighted by Gasteiger charge is 2.19. The summed E-state index contributed by atoms with van der Waals surface area (Å²) < 4.78 is 6.53. The third-order valence-electron chi connectivity index (χ3n) is 5.00. The zero-order chi connectivity index (χ0) is 18.7. The van der Waals surface area contributed by atoms with Crippen molar-refractivity contribution in [1.82, 2.24) is 9.47 Å². The number of likely N-dealkylation sites (tertiary alicyclic amines) is 1. The van der Waals surface area contributed by atoms with E-state index in [4.69, 9.17) is 4.42 Å². The lowest BCUT2D eigenvalue weighted by molar-refractivity contribution is -0.384. The van der Waals surface area contributed by atoms with Crippen molar-refractivity contribution in [2.45, 2.75) is 45.6 Å². The minimum Gasteiger partial charge on any atom is -0.407 e. The number of non-ortho nitro benzene ring substituents is 1. The molecule has 140 valence electrons. The van der Waals surface area contributed by atoms with Crippen LogP contribution in [0.25, 0.3) is 11.1 Å². The molecule has 1 amide bonds. The Hall–Kier alpha value is -2.64. The lowest BCUT2D eigenvalue weighted by atomic mass is 10.0. The summed E-state index contributed by atoms with van der Waals surface area (Å²) in [6.07, 6.45) is 4.14. The molecule has 1 atom stereocenters. The molecule has 0 aliphatic carbocycles. The number of nitro groups is 1. The molecule has 0 bridgehead atoms. The number of aromatic nitrogens is 1. The number of nitrogens with zero attached hydrogens (tertiary/aromatic N) is 3. The second-order valence-electron chi connectivity index (χ2n) is 6.95. The summed E-state index contributed by atoms with van der Waals surface area (Å²) in [7, 11) is 0. The zero-order valence-corrected chi connectivity index (χ0v) is 14.8. The Bertz CT molecular complexity index is 869. The molecule has 0 radical (unpaired) electrons. The lowest BCUT2D eigenvalue weighted by Gasteiger charge is -2.20. The molecule has 1 unspecified atom stereocenters. The van der Waals surface area contributed by atoms with Gasteiger partial charge in [-0.1, -0.05) is 6.92 Å². The maximum atomic E-state index is 12.4. The van der Waals surface area contributed by atoms with E-state index in [0.717, 1.165) is 32.4 Å². The Morgan fingerprint density at radius 3 is 2.92 bits per heavy atom. The van der Waals surface area contributed by atoms with Crippen LogP contribution in [0.1, 0.15) is 39.0 Å². The molecule has 26 heavy (non-hydrogen) atoms. The Kier molecular flexibility index (Phi) is 5.39. The third kappa shape index (κ3) is 3.95. The van der Waals surface area contributed by atoms with Crippen molar-refractivity contribution in [3.05, 3.63) is 38.9 Å². The molecule has 1 aliphatic rings. The van der Waals surface area contributed by atoms with Gasteiger partial charge in [-0.3, -0.25) is 19.5 Å². The number of benzene rings is 1. The maximum absolute atomic E-state index is 12.4. The van der Waals surface area contributed by atoms with Crippen LogP contribution in [0.15, 0.2) is 27.4 Å². The fourth-order valence-corrected chi connectivity index (χ4v) is 3.44. The predicted octanol–water partition coefficient (Wildman–Crippen LogP) is 2.93. The van der Waals surface area contributed by atoms with Crippen LogP contribution < -0.4 is 5.76 Å². The lowest BCUT2D eigenvalue weighted by Crippen LogP contribution is -2.32. The van der Waals surface area contributed by atoms with Crippen molar-refractivity contribution in [1.29, 1.82) is 0 Å². The average molecular weight is 361 g/mol. The highest BCUT2D eigenvalue weighted by Crippen LogP contribution is 2.21. The minimum absolute atomic E-state index is 0.121. The summed E-state index contributed by atoms with van der Waals surface area (Å²) in [6, 6.07) is 4.10. The van der Waals surface area contributed by atoms with Crippen molar-refractivity contribution in [3.8, 4) is 0 Å². The number of hydrogen-bond donors (Lipinski definition) is 0. The molecular weight excluding hydrogens is 338 g/mol. The molecule has 1 fully saturated rings. The van der Waals surface area contributed by atoms with E-state index >= 15 is 0 Å². The van der Waals surface area contributed by atoms with E-state index < -0.39 is 10.7 Å². The fourth-order valence-electron chi connectivity index (χ4n) is 3.44. The first-order valence-corrected chi connectivity index (χ1v) is 9.01. The van der Waals surface area contributed by atoms with Crippen molar-refractivity contribution < 1.29 is 14.1 Å². The Morgan fingerprint density at radius 2 is 2.15 bits per heavy atom. The number of carbonyl (C=O) groups excluding carboxylic acids is 1. The quantitative estimate of drug-likeness (QED) is 0.602. The van der Waals surface area contributed by atoms with Gasteiger partial charge in [0.2, 0.25) is 5.91 Å². The number of oxazole rings is 1. The summed E-state index contributed by atoms with van der Waals surface area (Å²) in [6.45, 7) is 4.17. The molecule has 1 saturated heterocycles. The van der Waals surface area contributed by atoms with E-state index in [9.17, 15) is 19.7 Å². The number of aryl methyl sites for hydroxylation is 1. The zero-order valence-electron chi connectivity index (χ0n) is 14.8. The number of fused-ring (bicyclic) bond motifs is 1. The van der Waals surface area contributed by atoms with Gasteiger partial charge in [-0.05, 0) is 37.7 Å². The molecule has 0 N–H and O–H groups in total. The predicted molar refractivity (Wildman–Crippen MR) is 96.0 cm³/mol. The van der Waals surface area contributed by atoms with Crippen LogP contribution in [0.5, 0.6) is 0 Å². The number of hydrogen-bond acceptors (Lipinski definition) is 5. The van der Waals surface area contributed by atoms with Gasteiger partial charge in [0.25, 0.3) is 5.69 Å². The first-order valence-electron chi connectivity index (χ1n) is 9.01. The van der Waals surface area contributed by atoms with Crippen LogP contribution in [-0.2, 0) is 11.3 Å². The molecule has 8 heteroatoms. The number of carbonyl (C=O) groups is 1. The van der Waals surface area contributed by atoms with Gasteiger partial charge in [-0.25, -0.2) is 4.79 Å². The van der Waals surface area contributed by atoms with Gasteiger partial charge in [-0.2, -0.15) is 0 Å². The van der Waals surface area contributed by atoms with Crippen LogP contribution in [0.2, 0.25) is 0 Å². The van der Waals surface area contributed by atoms with E-state index in [2.05, 4.69) is 6.92 Å². The summed E-state index contributed by atoms with van der Waals surface area (Å²) in [4.78, 5) is 36.6. The van der Waals surface area contributed by atoms with E-state index in [0.29, 0.717) is 30.8 Å². The van der Waals surface area contributed by atoms with Gasteiger partial charge in [0.05, 0.1) is 16.5 Å². The standard InChI is InChI=1S/C18H23N3O5/c1-13-4-2-9-19(11-8-13)17(22)5-3-10-20-15-7-6-14(21(24)25)12-16(15)26-18(20)23/h6-7,12-13H,2-5,8-11H2,1H3. The molecule has 1 aliphatic heterocycles. The van der Waals surface area contributed by atoms with Crippen molar-refractivity contribution in [3.63, 3.8) is 0 Å². The molecule has 2 aromatic rings. The highest BCUT2D eigenvalue weighted by atomic mass is 16.6. The van der Waals surface area contributed by atoms with E-state index in [-0.39, 0.29) is 17.2 Å². The molecule has 2 heterocycles. The molecule has 3 rings (SSSR count). The highest BCUT2D eigenvalue weighted by molar-refractivity contribution is 5.77. The van der Waals surface area contributed by atoms with Crippen LogP contribution in [0.4, 0.5) is 5.69 Å². The number of nitro benzene ring substituents is 1. The summed E-state index contributed by atoms with van der Waals surface area (Å²) in [5, 5.41) is 10.8. The van der Waals surface area contributed by atoms with Crippen LogP contribution in [0, 0.1) is 16.0 Å². The maximum Gasteiger partial charge on any atom is 0.419 e.